The van der Waals surface area contributed by atoms with Crippen LogP contribution in [0.2, 0.25) is 0 Å². The average Bonchev–Trinajstić information content (AvgIpc) is 3.13. The second kappa shape index (κ2) is 9.20. The van der Waals surface area contributed by atoms with E-state index in [-0.39, 0.29) is 24.0 Å². The molecule has 3 aromatic rings. The van der Waals surface area contributed by atoms with Crippen LogP contribution in [0.3, 0.4) is 0 Å². The van der Waals surface area contributed by atoms with E-state index in [1.54, 1.807) is 18.2 Å². The van der Waals surface area contributed by atoms with Crippen molar-refractivity contribution in [3.63, 3.8) is 0 Å². The Morgan fingerprint density at radius 2 is 2.00 bits per heavy atom. The summed E-state index contributed by atoms with van der Waals surface area (Å²) in [6, 6.07) is 14.6. The van der Waals surface area contributed by atoms with Gasteiger partial charge in [-0.05, 0) is 56.1 Å². The van der Waals surface area contributed by atoms with E-state index < -0.39 is 0 Å². The molecule has 0 fully saturated rings. The summed E-state index contributed by atoms with van der Waals surface area (Å²) in [6.07, 6.45) is 3.71. The maximum absolute atomic E-state index is 12.9. The molecule has 0 aliphatic carbocycles. The summed E-state index contributed by atoms with van der Waals surface area (Å²) in [4.78, 5) is 39.1. The number of aromatic nitrogens is 1. The zero-order chi connectivity index (χ0) is 22.7. The molecule has 0 bridgehead atoms. The number of fused-ring (bicyclic) bond motifs is 3. The van der Waals surface area contributed by atoms with E-state index in [2.05, 4.69) is 10.6 Å². The number of likely N-dealkylation sites (N-methyl/N-ethyl adjacent to an activating group) is 1. The molecule has 2 N–H and O–H groups in total. The van der Waals surface area contributed by atoms with Crippen LogP contribution >= 0.6 is 0 Å². The second-order valence-electron chi connectivity index (χ2n) is 8.17. The van der Waals surface area contributed by atoms with Crippen LogP contribution < -0.4 is 10.6 Å². The molecular formula is C25H26N4O3. The third-order valence-electron chi connectivity index (χ3n) is 5.36. The van der Waals surface area contributed by atoms with E-state index in [9.17, 15) is 14.4 Å². The Hall–Kier alpha value is -3.71. The number of ketones is 1. The first-order valence-corrected chi connectivity index (χ1v) is 10.6. The average molecular weight is 431 g/mol. The number of nitrogens with one attached hydrogen (secondary N) is 2. The van der Waals surface area contributed by atoms with Gasteiger partial charge in [0.2, 0.25) is 0 Å². The minimum Gasteiger partial charge on any atom is -0.349 e. The fourth-order valence-corrected chi connectivity index (χ4v) is 3.81. The Kier molecular flexibility index (Phi) is 6.18. The van der Waals surface area contributed by atoms with Crippen molar-refractivity contribution in [2.75, 3.05) is 32.5 Å². The first-order chi connectivity index (χ1) is 15.4. The Bertz CT molecular complexity index is 1220. The maximum atomic E-state index is 12.9. The van der Waals surface area contributed by atoms with Gasteiger partial charge in [-0.1, -0.05) is 24.3 Å². The van der Waals surface area contributed by atoms with Gasteiger partial charge in [0.1, 0.15) is 5.69 Å². The van der Waals surface area contributed by atoms with Gasteiger partial charge in [0, 0.05) is 48.2 Å². The van der Waals surface area contributed by atoms with Crippen molar-refractivity contribution in [1.29, 1.82) is 0 Å². The highest BCUT2D eigenvalue weighted by Gasteiger charge is 2.20. The molecule has 0 saturated carbocycles. The number of anilines is 1. The minimum atomic E-state index is -0.239. The molecule has 32 heavy (non-hydrogen) atoms. The summed E-state index contributed by atoms with van der Waals surface area (Å²) < 4.78 is 1.95. The van der Waals surface area contributed by atoms with Crippen molar-refractivity contribution in [1.82, 2.24) is 14.8 Å². The molecule has 2 aromatic carbocycles. The highest BCUT2D eigenvalue weighted by molar-refractivity contribution is 6.07. The van der Waals surface area contributed by atoms with Gasteiger partial charge in [-0.3, -0.25) is 14.4 Å². The number of rotatable bonds is 7. The van der Waals surface area contributed by atoms with Crippen molar-refractivity contribution < 1.29 is 14.4 Å². The Morgan fingerprint density at radius 3 is 2.81 bits per heavy atom. The standard InChI is InChI=1S/C25H26N4O3/c1-28(2)11-4-7-21(30)14-17-5-3-6-20(13-17)27-24(31)19-9-8-18-15-23-25(32)26-10-12-29(23)22(18)16-19/h3-9,13,15-16H,10-12,14H2,1-2H3,(H,26,32)(H,27,31)/b7-4+. The van der Waals surface area contributed by atoms with Crippen LogP contribution in [0.4, 0.5) is 5.69 Å². The van der Waals surface area contributed by atoms with E-state index in [0.29, 0.717) is 36.6 Å². The second-order valence-corrected chi connectivity index (χ2v) is 8.17. The predicted molar refractivity (Wildman–Crippen MR) is 125 cm³/mol. The third kappa shape index (κ3) is 4.78. The molecule has 0 saturated heterocycles. The molecule has 2 amide bonds. The van der Waals surface area contributed by atoms with Crippen molar-refractivity contribution in [3.8, 4) is 0 Å². The number of carbonyl (C=O) groups excluding carboxylic acids is 3. The van der Waals surface area contributed by atoms with Gasteiger partial charge in [0.05, 0.1) is 0 Å². The van der Waals surface area contributed by atoms with Gasteiger partial charge in [-0.15, -0.1) is 0 Å². The van der Waals surface area contributed by atoms with E-state index in [4.69, 9.17) is 0 Å². The number of carbonyl (C=O) groups is 3. The van der Waals surface area contributed by atoms with Crippen LogP contribution in [0.1, 0.15) is 26.4 Å². The van der Waals surface area contributed by atoms with Crippen LogP contribution in [-0.2, 0) is 17.8 Å². The summed E-state index contributed by atoms with van der Waals surface area (Å²) >= 11 is 0. The van der Waals surface area contributed by atoms with Crippen molar-refractivity contribution >= 4 is 34.2 Å². The first-order valence-electron chi connectivity index (χ1n) is 10.6. The molecule has 7 heteroatoms. The fourth-order valence-electron chi connectivity index (χ4n) is 3.81. The molecule has 7 nitrogen and oxygen atoms in total. The highest BCUT2D eigenvalue weighted by atomic mass is 16.2. The third-order valence-corrected chi connectivity index (χ3v) is 5.36. The molecule has 1 aliphatic heterocycles. The van der Waals surface area contributed by atoms with Crippen LogP contribution in [-0.4, -0.2) is 54.2 Å². The lowest BCUT2D eigenvalue weighted by Crippen LogP contribution is -2.34. The summed E-state index contributed by atoms with van der Waals surface area (Å²) in [5.74, 6) is -0.318. The van der Waals surface area contributed by atoms with Crippen molar-refractivity contribution in [3.05, 3.63) is 77.5 Å². The lowest BCUT2D eigenvalue weighted by molar-refractivity contribution is -0.114. The summed E-state index contributed by atoms with van der Waals surface area (Å²) in [5, 5.41) is 6.67. The molecule has 0 atom stereocenters. The first kappa shape index (κ1) is 21.5. The van der Waals surface area contributed by atoms with Gasteiger partial charge < -0.3 is 20.1 Å². The topological polar surface area (TPSA) is 83.4 Å². The Morgan fingerprint density at radius 1 is 1.16 bits per heavy atom. The zero-order valence-electron chi connectivity index (χ0n) is 18.2. The number of hydrogen-bond acceptors (Lipinski definition) is 4. The molecule has 164 valence electrons. The number of allylic oxidation sites excluding steroid dienone is 1. The molecule has 0 radical (unpaired) electrons. The van der Waals surface area contributed by atoms with Gasteiger partial charge in [0.15, 0.2) is 5.78 Å². The summed E-state index contributed by atoms with van der Waals surface area (Å²) in [7, 11) is 3.89. The van der Waals surface area contributed by atoms with E-state index in [1.165, 1.54) is 0 Å². The van der Waals surface area contributed by atoms with Crippen molar-refractivity contribution in [2.45, 2.75) is 13.0 Å². The maximum Gasteiger partial charge on any atom is 0.268 e. The molecule has 1 aromatic heterocycles. The highest BCUT2D eigenvalue weighted by Crippen LogP contribution is 2.23. The summed E-state index contributed by atoms with van der Waals surface area (Å²) in [6.45, 7) is 1.96. The number of hydrogen-bond donors (Lipinski definition) is 2. The van der Waals surface area contributed by atoms with E-state index in [1.807, 2.05) is 66.0 Å². The fraction of sp³-hybridized carbons (Fsp3) is 0.240. The Balaban J connectivity index is 1.48. The Labute approximate surface area is 186 Å². The normalized spacial score (nSPS) is 13.4. The zero-order valence-corrected chi connectivity index (χ0v) is 18.2. The van der Waals surface area contributed by atoms with Gasteiger partial charge >= 0.3 is 0 Å². The molecule has 4 rings (SSSR count). The van der Waals surface area contributed by atoms with Crippen LogP contribution in [0.15, 0.2) is 60.7 Å². The van der Waals surface area contributed by atoms with Crippen LogP contribution in [0, 0.1) is 0 Å². The lowest BCUT2D eigenvalue weighted by Gasteiger charge is -2.16. The molecule has 1 aliphatic rings. The molecule has 0 unspecified atom stereocenters. The minimum absolute atomic E-state index is 0.0165. The quantitative estimate of drug-likeness (QED) is 0.565. The number of amides is 2. The molecule has 2 heterocycles. The van der Waals surface area contributed by atoms with Crippen molar-refractivity contribution in [2.24, 2.45) is 0 Å². The SMILES string of the molecule is CN(C)C/C=C/C(=O)Cc1cccc(NC(=O)c2ccc3cc4n(c3c2)CCNC4=O)c1. The van der Waals surface area contributed by atoms with E-state index in [0.717, 1.165) is 16.5 Å². The van der Waals surface area contributed by atoms with Gasteiger partial charge in [-0.25, -0.2) is 0 Å². The van der Waals surface area contributed by atoms with Gasteiger partial charge in [0.25, 0.3) is 11.8 Å². The van der Waals surface area contributed by atoms with Gasteiger partial charge in [-0.2, -0.15) is 0 Å². The van der Waals surface area contributed by atoms with E-state index >= 15 is 0 Å². The molecule has 0 spiro atoms. The predicted octanol–water partition coefficient (Wildman–Crippen LogP) is 2.87. The molecular weight excluding hydrogens is 404 g/mol. The lowest BCUT2D eigenvalue weighted by atomic mass is 10.1. The largest absolute Gasteiger partial charge is 0.349 e. The van der Waals surface area contributed by atoms with Crippen LogP contribution in [0.5, 0.6) is 0 Å². The number of nitrogens with zero attached hydrogens (tertiary/aromatic N) is 2. The summed E-state index contributed by atoms with van der Waals surface area (Å²) in [5.41, 5.74) is 3.46. The smallest absolute Gasteiger partial charge is 0.268 e. The monoisotopic (exact) mass is 430 g/mol. The number of benzene rings is 2. The van der Waals surface area contributed by atoms with Crippen LogP contribution in [0.25, 0.3) is 10.9 Å².